The van der Waals surface area contributed by atoms with Crippen LogP contribution in [0.25, 0.3) is 10.4 Å². The summed E-state index contributed by atoms with van der Waals surface area (Å²) >= 11 is 0. The predicted molar refractivity (Wildman–Crippen MR) is 60.5 cm³/mol. The summed E-state index contributed by atoms with van der Waals surface area (Å²) in [5.41, 5.74) is 8.15. The molecule has 0 bridgehead atoms. The van der Waals surface area contributed by atoms with Crippen LogP contribution in [0.2, 0.25) is 0 Å². The van der Waals surface area contributed by atoms with Gasteiger partial charge in [0, 0.05) is 24.1 Å². The number of aromatic hydroxyl groups is 1. The minimum Gasteiger partial charge on any atom is -0.508 e. The number of benzene rings is 1. The summed E-state index contributed by atoms with van der Waals surface area (Å²) in [5, 5.41) is 24.0. The number of nitrogens with one attached hydrogen (secondary N) is 1. The van der Waals surface area contributed by atoms with Crippen molar-refractivity contribution in [3.63, 3.8) is 0 Å². The summed E-state index contributed by atoms with van der Waals surface area (Å²) in [5.74, 6) is -2.30. The van der Waals surface area contributed by atoms with Gasteiger partial charge >= 0.3 is 5.97 Å². The molecule has 0 fully saturated rings. The molecule has 0 heterocycles. The number of halogens is 1. The third kappa shape index (κ3) is 3.93. The van der Waals surface area contributed by atoms with Gasteiger partial charge < -0.3 is 15.5 Å². The minimum absolute atomic E-state index is 0.0710. The van der Waals surface area contributed by atoms with E-state index in [9.17, 15) is 14.3 Å². The molecule has 0 aromatic heterocycles. The highest BCUT2D eigenvalue weighted by atomic mass is 19.1. The van der Waals surface area contributed by atoms with Crippen molar-refractivity contribution < 1.29 is 19.4 Å². The van der Waals surface area contributed by atoms with Crippen LogP contribution in [0.3, 0.4) is 0 Å². The Kier molecular flexibility index (Phi) is 4.91. The van der Waals surface area contributed by atoms with Crippen LogP contribution in [0, 0.1) is 5.82 Å². The molecule has 1 aromatic carbocycles. The number of rotatable bonds is 6. The molecule has 0 spiro atoms. The fraction of sp³-hybridized carbons (Fsp3) is 0.300. The largest absolute Gasteiger partial charge is 0.508 e. The zero-order valence-electron chi connectivity index (χ0n) is 9.25. The SMILES string of the molecule is [N-]=[N+]=NCCNC(C(=O)O)c1cc(O)cc(F)c1. The van der Waals surface area contributed by atoms with Gasteiger partial charge in [-0.3, -0.25) is 4.79 Å². The van der Waals surface area contributed by atoms with Crippen LogP contribution in [-0.2, 0) is 4.79 Å². The van der Waals surface area contributed by atoms with Gasteiger partial charge in [0.25, 0.3) is 0 Å². The van der Waals surface area contributed by atoms with Crippen molar-refractivity contribution in [2.75, 3.05) is 13.1 Å². The molecule has 1 unspecified atom stereocenters. The van der Waals surface area contributed by atoms with Gasteiger partial charge in [-0.1, -0.05) is 5.11 Å². The Labute approximate surface area is 101 Å². The van der Waals surface area contributed by atoms with E-state index in [4.69, 9.17) is 10.6 Å². The third-order valence-corrected chi connectivity index (χ3v) is 2.11. The second-order valence-corrected chi connectivity index (χ2v) is 3.42. The topological polar surface area (TPSA) is 118 Å². The van der Waals surface area contributed by atoms with Crippen LogP contribution in [0.1, 0.15) is 11.6 Å². The van der Waals surface area contributed by atoms with E-state index >= 15 is 0 Å². The van der Waals surface area contributed by atoms with E-state index in [1.54, 1.807) is 0 Å². The minimum atomic E-state index is -1.22. The van der Waals surface area contributed by atoms with Crippen molar-refractivity contribution in [3.8, 4) is 5.75 Å². The fourth-order valence-corrected chi connectivity index (χ4v) is 1.41. The molecule has 96 valence electrons. The van der Waals surface area contributed by atoms with Gasteiger partial charge in [0.15, 0.2) is 0 Å². The zero-order chi connectivity index (χ0) is 13.5. The molecule has 0 saturated heterocycles. The summed E-state index contributed by atoms with van der Waals surface area (Å²) < 4.78 is 13.0. The third-order valence-electron chi connectivity index (χ3n) is 2.11. The lowest BCUT2D eigenvalue weighted by Crippen LogP contribution is -2.30. The molecule has 0 aliphatic heterocycles. The molecular formula is C10H11FN4O3. The van der Waals surface area contributed by atoms with E-state index in [1.165, 1.54) is 0 Å². The average Bonchev–Trinajstić information content (AvgIpc) is 2.27. The molecule has 0 saturated carbocycles. The highest BCUT2D eigenvalue weighted by molar-refractivity contribution is 5.75. The number of carboxylic acid groups (broad SMARTS) is 1. The van der Waals surface area contributed by atoms with E-state index < -0.39 is 17.8 Å². The van der Waals surface area contributed by atoms with E-state index in [0.717, 1.165) is 18.2 Å². The van der Waals surface area contributed by atoms with Gasteiger partial charge in [0.05, 0.1) is 0 Å². The smallest absolute Gasteiger partial charge is 0.325 e. The highest BCUT2D eigenvalue weighted by Gasteiger charge is 2.20. The molecule has 0 radical (unpaired) electrons. The van der Waals surface area contributed by atoms with Gasteiger partial charge in [-0.25, -0.2) is 4.39 Å². The number of aliphatic carboxylic acids is 1. The summed E-state index contributed by atoms with van der Waals surface area (Å²) in [6.07, 6.45) is 0. The number of hydrogen-bond acceptors (Lipinski definition) is 4. The summed E-state index contributed by atoms with van der Waals surface area (Å²) in [4.78, 5) is 13.5. The van der Waals surface area contributed by atoms with Crippen molar-refractivity contribution >= 4 is 5.97 Å². The maximum Gasteiger partial charge on any atom is 0.325 e. The lowest BCUT2D eigenvalue weighted by molar-refractivity contribution is -0.139. The van der Waals surface area contributed by atoms with Crippen LogP contribution in [0.5, 0.6) is 5.75 Å². The quantitative estimate of drug-likeness (QED) is 0.309. The monoisotopic (exact) mass is 254 g/mol. The first-order valence-corrected chi connectivity index (χ1v) is 5.01. The Balaban J connectivity index is 2.83. The van der Waals surface area contributed by atoms with Crippen molar-refractivity contribution in [3.05, 3.63) is 40.0 Å². The standard InChI is InChI=1S/C10H11FN4O3/c11-7-3-6(4-8(16)5-7)9(10(17)18)13-1-2-14-15-12/h3-5,9,13,16H,1-2H2,(H,17,18). The maximum absolute atomic E-state index is 13.0. The predicted octanol–water partition coefficient (Wildman–Crippen LogP) is 1.56. The average molecular weight is 254 g/mol. The molecular weight excluding hydrogens is 243 g/mol. The second-order valence-electron chi connectivity index (χ2n) is 3.42. The van der Waals surface area contributed by atoms with Gasteiger partial charge in [-0.05, 0) is 23.2 Å². The van der Waals surface area contributed by atoms with Crippen LogP contribution in [-0.4, -0.2) is 29.3 Å². The normalized spacial score (nSPS) is 11.6. The number of nitrogens with zero attached hydrogens (tertiary/aromatic N) is 3. The molecule has 0 aliphatic rings. The Morgan fingerprint density at radius 2 is 2.28 bits per heavy atom. The van der Waals surface area contributed by atoms with Crippen molar-refractivity contribution in [2.24, 2.45) is 5.11 Å². The van der Waals surface area contributed by atoms with Gasteiger partial charge in [-0.2, -0.15) is 0 Å². The number of phenolic OH excluding ortho intramolecular Hbond substituents is 1. The highest BCUT2D eigenvalue weighted by Crippen LogP contribution is 2.20. The van der Waals surface area contributed by atoms with Crippen LogP contribution < -0.4 is 5.32 Å². The lowest BCUT2D eigenvalue weighted by Gasteiger charge is -2.14. The molecule has 18 heavy (non-hydrogen) atoms. The van der Waals surface area contributed by atoms with Crippen molar-refractivity contribution in [2.45, 2.75) is 6.04 Å². The lowest BCUT2D eigenvalue weighted by atomic mass is 10.1. The Bertz CT molecular complexity index is 468. The number of carbonyl (C=O) groups is 1. The number of azide groups is 1. The molecule has 1 rings (SSSR count). The summed E-state index contributed by atoms with van der Waals surface area (Å²) in [6, 6.07) is 1.87. The molecule has 1 aromatic rings. The van der Waals surface area contributed by atoms with Gasteiger partial charge in [-0.15, -0.1) is 0 Å². The first-order valence-electron chi connectivity index (χ1n) is 5.01. The van der Waals surface area contributed by atoms with Crippen LogP contribution in [0.4, 0.5) is 4.39 Å². The van der Waals surface area contributed by atoms with Crippen LogP contribution >= 0.6 is 0 Å². The Hall–Kier alpha value is -2.31. The second kappa shape index (κ2) is 6.43. The molecule has 8 heteroatoms. The van der Waals surface area contributed by atoms with Crippen molar-refractivity contribution in [1.82, 2.24) is 5.32 Å². The van der Waals surface area contributed by atoms with Crippen LogP contribution in [0.15, 0.2) is 23.3 Å². The van der Waals surface area contributed by atoms with E-state index in [0.29, 0.717) is 0 Å². The molecule has 7 nitrogen and oxygen atoms in total. The summed E-state index contributed by atoms with van der Waals surface area (Å²) in [6.45, 7) is 0.194. The maximum atomic E-state index is 13.0. The molecule has 0 aliphatic carbocycles. The number of phenols is 1. The first kappa shape index (κ1) is 13.8. The van der Waals surface area contributed by atoms with E-state index in [2.05, 4.69) is 15.3 Å². The zero-order valence-corrected chi connectivity index (χ0v) is 9.25. The molecule has 3 N–H and O–H groups in total. The Morgan fingerprint density at radius 3 is 2.83 bits per heavy atom. The Morgan fingerprint density at radius 1 is 1.56 bits per heavy atom. The van der Waals surface area contributed by atoms with Gasteiger partial charge in [0.2, 0.25) is 0 Å². The van der Waals surface area contributed by atoms with E-state index in [-0.39, 0.29) is 24.4 Å². The van der Waals surface area contributed by atoms with E-state index in [1.807, 2.05) is 0 Å². The first-order chi connectivity index (χ1) is 8.54. The number of carboxylic acids is 1. The fourth-order valence-electron chi connectivity index (χ4n) is 1.41. The molecule has 1 atom stereocenters. The molecule has 0 amide bonds. The number of hydrogen-bond donors (Lipinski definition) is 3. The van der Waals surface area contributed by atoms with Gasteiger partial charge in [0.1, 0.15) is 17.6 Å². The summed E-state index contributed by atoms with van der Waals surface area (Å²) in [7, 11) is 0. The van der Waals surface area contributed by atoms with Crippen molar-refractivity contribution in [1.29, 1.82) is 0 Å².